The van der Waals surface area contributed by atoms with Crippen LogP contribution in [0.1, 0.15) is 44.3 Å². The number of benzene rings is 1. The summed E-state index contributed by atoms with van der Waals surface area (Å²) in [6, 6.07) is 4.05. The molecule has 1 saturated carbocycles. The number of aromatic nitrogens is 2. The molecule has 1 aliphatic carbocycles. The van der Waals surface area contributed by atoms with Gasteiger partial charge in [-0.05, 0) is 5.92 Å². The van der Waals surface area contributed by atoms with Gasteiger partial charge in [-0.15, -0.1) is 0 Å². The Morgan fingerprint density at radius 3 is 2.57 bits per heavy atom. The fraction of sp³-hybridized carbons (Fsp3) is 0.588. The molecule has 112 valence electrons. The highest BCUT2D eigenvalue weighted by Crippen LogP contribution is 2.34. The van der Waals surface area contributed by atoms with Crippen molar-refractivity contribution in [3.8, 4) is 11.5 Å². The zero-order chi connectivity index (χ0) is 14.1. The third kappa shape index (κ3) is 2.71. The number of nitrogens with one attached hydrogen (secondary N) is 1. The molecule has 0 unspecified atom stereocenters. The van der Waals surface area contributed by atoms with Crippen LogP contribution in [0.2, 0.25) is 0 Å². The number of ether oxygens (including phenoxy) is 2. The smallest absolute Gasteiger partial charge is 0.163 e. The van der Waals surface area contributed by atoms with Gasteiger partial charge in [0, 0.05) is 25.0 Å². The molecular formula is C17H22N2O2. The second-order valence-electron chi connectivity index (χ2n) is 6.26. The van der Waals surface area contributed by atoms with Crippen molar-refractivity contribution in [1.29, 1.82) is 0 Å². The van der Waals surface area contributed by atoms with Crippen molar-refractivity contribution in [1.82, 2.24) is 9.97 Å². The van der Waals surface area contributed by atoms with Crippen LogP contribution in [-0.2, 0) is 6.42 Å². The Labute approximate surface area is 124 Å². The maximum atomic E-state index is 5.74. The average Bonchev–Trinajstić information content (AvgIpc) is 2.74. The Kier molecular flexibility index (Phi) is 3.45. The molecule has 0 saturated heterocycles. The predicted molar refractivity (Wildman–Crippen MR) is 82.0 cm³/mol. The van der Waals surface area contributed by atoms with E-state index in [1.165, 1.54) is 32.1 Å². The fourth-order valence-electron chi connectivity index (χ4n) is 3.48. The standard InChI is InChI=1S/C17H22N2O2/c1-2-5-12(6-3-1)9-17-18-13-10-15-16(11-14(13)19-17)21-8-4-7-20-15/h10-12H,1-9H2,(H,18,19). The number of fused-ring (bicyclic) bond motifs is 2. The lowest BCUT2D eigenvalue weighted by molar-refractivity contribution is 0.297. The predicted octanol–water partition coefficient (Wildman–Crippen LogP) is 3.85. The molecule has 21 heavy (non-hydrogen) atoms. The lowest BCUT2D eigenvalue weighted by atomic mass is 9.87. The van der Waals surface area contributed by atoms with E-state index >= 15 is 0 Å². The molecule has 0 bridgehead atoms. The molecule has 0 radical (unpaired) electrons. The number of nitrogens with zero attached hydrogens (tertiary/aromatic N) is 1. The topological polar surface area (TPSA) is 47.1 Å². The molecule has 2 aromatic rings. The first-order valence-electron chi connectivity index (χ1n) is 8.17. The number of rotatable bonds is 2. The highest BCUT2D eigenvalue weighted by molar-refractivity contribution is 5.79. The monoisotopic (exact) mass is 286 g/mol. The summed E-state index contributed by atoms with van der Waals surface area (Å²) in [7, 11) is 0. The first-order chi connectivity index (χ1) is 10.4. The van der Waals surface area contributed by atoms with Gasteiger partial charge < -0.3 is 14.5 Å². The van der Waals surface area contributed by atoms with Crippen molar-refractivity contribution in [3.63, 3.8) is 0 Å². The highest BCUT2D eigenvalue weighted by Gasteiger charge is 2.17. The number of H-pyrrole nitrogens is 1. The van der Waals surface area contributed by atoms with Crippen LogP contribution in [0.4, 0.5) is 0 Å². The zero-order valence-electron chi connectivity index (χ0n) is 12.4. The molecule has 1 aromatic heterocycles. The van der Waals surface area contributed by atoms with Gasteiger partial charge in [-0.1, -0.05) is 32.1 Å². The first-order valence-corrected chi connectivity index (χ1v) is 8.17. The molecular weight excluding hydrogens is 264 g/mol. The van der Waals surface area contributed by atoms with E-state index in [0.29, 0.717) is 0 Å². The maximum Gasteiger partial charge on any atom is 0.163 e. The van der Waals surface area contributed by atoms with Crippen molar-refractivity contribution in [2.75, 3.05) is 13.2 Å². The molecule has 0 atom stereocenters. The summed E-state index contributed by atoms with van der Waals surface area (Å²) in [6.45, 7) is 1.44. The first kappa shape index (κ1) is 13.0. The second-order valence-corrected chi connectivity index (χ2v) is 6.26. The van der Waals surface area contributed by atoms with E-state index in [0.717, 1.165) is 60.3 Å². The lowest BCUT2D eigenvalue weighted by Gasteiger charge is -2.20. The van der Waals surface area contributed by atoms with Gasteiger partial charge in [0.2, 0.25) is 0 Å². The van der Waals surface area contributed by atoms with Crippen molar-refractivity contribution < 1.29 is 9.47 Å². The van der Waals surface area contributed by atoms with Crippen LogP contribution >= 0.6 is 0 Å². The second kappa shape index (κ2) is 5.58. The number of hydrogen-bond donors (Lipinski definition) is 1. The number of imidazole rings is 1. The van der Waals surface area contributed by atoms with Gasteiger partial charge in [0.05, 0.1) is 24.2 Å². The summed E-state index contributed by atoms with van der Waals surface area (Å²) in [5, 5.41) is 0. The zero-order valence-corrected chi connectivity index (χ0v) is 12.4. The molecule has 2 heterocycles. The Bertz CT molecular complexity index is 586. The molecule has 2 aliphatic rings. The molecule has 4 nitrogen and oxygen atoms in total. The minimum Gasteiger partial charge on any atom is -0.489 e. The van der Waals surface area contributed by atoms with Crippen LogP contribution < -0.4 is 9.47 Å². The summed E-state index contributed by atoms with van der Waals surface area (Å²) in [5.74, 6) is 3.57. The van der Waals surface area contributed by atoms with Crippen LogP contribution in [-0.4, -0.2) is 23.2 Å². The minimum atomic E-state index is 0.720. The van der Waals surface area contributed by atoms with Crippen LogP contribution in [0, 0.1) is 5.92 Å². The summed E-state index contributed by atoms with van der Waals surface area (Å²) < 4.78 is 11.5. The number of hydrogen-bond acceptors (Lipinski definition) is 3. The number of aromatic amines is 1. The normalized spacial score (nSPS) is 19.6. The molecule has 1 aliphatic heterocycles. The van der Waals surface area contributed by atoms with Crippen molar-refractivity contribution >= 4 is 11.0 Å². The minimum absolute atomic E-state index is 0.720. The third-order valence-corrected chi connectivity index (χ3v) is 4.61. The van der Waals surface area contributed by atoms with Crippen molar-refractivity contribution in [2.24, 2.45) is 5.92 Å². The lowest BCUT2D eigenvalue weighted by Crippen LogP contribution is -2.10. The van der Waals surface area contributed by atoms with Gasteiger partial charge in [-0.2, -0.15) is 0 Å². The van der Waals surface area contributed by atoms with Crippen molar-refractivity contribution in [3.05, 3.63) is 18.0 Å². The Balaban J connectivity index is 1.60. The largest absolute Gasteiger partial charge is 0.489 e. The van der Waals surface area contributed by atoms with E-state index in [4.69, 9.17) is 14.5 Å². The van der Waals surface area contributed by atoms with Crippen LogP contribution in [0.25, 0.3) is 11.0 Å². The summed E-state index contributed by atoms with van der Waals surface area (Å²) in [5.41, 5.74) is 2.05. The van der Waals surface area contributed by atoms with E-state index in [1.54, 1.807) is 0 Å². The summed E-state index contributed by atoms with van der Waals surface area (Å²) in [4.78, 5) is 8.22. The molecule has 0 amide bonds. The highest BCUT2D eigenvalue weighted by atomic mass is 16.5. The van der Waals surface area contributed by atoms with Crippen molar-refractivity contribution in [2.45, 2.75) is 44.9 Å². The maximum absolute atomic E-state index is 5.74. The van der Waals surface area contributed by atoms with Crippen LogP contribution in [0.3, 0.4) is 0 Å². The van der Waals surface area contributed by atoms with Gasteiger partial charge in [-0.25, -0.2) is 4.98 Å². The Hall–Kier alpha value is -1.71. The Morgan fingerprint density at radius 2 is 1.76 bits per heavy atom. The molecule has 1 fully saturated rings. The van der Waals surface area contributed by atoms with Crippen LogP contribution in [0.5, 0.6) is 11.5 Å². The third-order valence-electron chi connectivity index (χ3n) is 4.61. The molecule has 4 heteroatoms. The molecule has 0 spiro atoms. The molecule has 4 rings (SSSR count). The van der Waals surface area contributed by atoms with E-state index in [-0.39, 0.29) is 0 Å². The fourth-order valence-corrected chi connectivity index (χ4v) is 3.48. The van der Waals surface area contributed by atoms with Gasteiger partial charge in [-0.3, -0.25) is 0 Å². The Morgan fingerprint density at radius 1 is 1.00 bits per heavy atom. The van der Waals surface area contributed by atoms with Crippen LogP contribution in [0.15, 0.2) is 12.1 Å². The average molecular weight is 286 g/mol. The van der Waals surface area contributed by atoms with E-state index in [9.17, 15) is 0 Å². The van der Waals surface area contributed by atoms with E-state index in [1.807, 2.05) is 12.1 Å². The van der Waals surface area contributed by atoms with Gasteiger partial charge >= 0.3 is 0 Å². The SMILES string of the molecule is c1c2c(cc3[nH]c(CC4CCCCC4)nc13)OCCCO2. The van der Waals surface area contributed by atoms with Gasteiger partial charge in [0.25, 0.3) is 0 Å². The summed E-state index contributed by atoms with van der Waals surface area (Å²) in [6.07, 6.45) is 8.85. The van der Waals surface area contributed by atoms with E-state index in [2.05, 4.69) is 4.98 Å². The van der Waals surface area contributed by atoms with Gasteiger partial charge in [0.15, 0.2) is 11.5 Å². The van der Waals surface area contributed by atoms with Gasteiger partial charge in [0.1, 0.15) is 5.82 Å². The quantitative estimate of drug-likeness (QED) is 0.912. The summed E-state index contributed by atoms with van der Waals surface area (Å²) >= 11 is 0. The van der Waals surface area contributed by atoms with E-state index < -0.39 is 0 Å². The molecule has 1 aromatic carbocycles. The molecule has 1 N–H and O–H groups in total.